The maximum atomic E-state index is 11.7. The smallest absolute Gasteiger partial charge is 0.306 e. The molecule has 140 valence electrons. The molecule has 1 aromatic heterocycles. The van der Waals surface area contributed by atoms with Crippen molar-refractivity contribution in [1.82, 2.24) is 9.97 Å². The normalized spacial score (nSPS) is 11.3. The van der Waals surface area contributed by atoms with Crippen molar-refractivity contribution in [3.05, 3.63) is 47.4 Å². The molecule has 2 aromatic rings. The van der Waals surface area contributed by atoms with E-state index < -0.39 is 5.60 Å². The minimum atomic E-state index is -0.431. The van der Waals surface area contributed by atoms with Crippen LogP contribution >= 0.6 is 0 Å². The first-order valence-electron chi connectivity index (χ1n) is 8.78. The van der Waals surface area contributed by atoms with Crippen LogP contribution in [0.4, 0.5) is 0 Å². The predicted molar refractivity (Wildman–Crippen MR) is 100.0 cm³/mol. The zero-order valence-electron chi connectivity index (χ0n) is 15.9. The van der Waals surface area contributed by atoms with Crippen LogP contribution in [0, 0.1) is 6.92 Å². The molecule has 6 heteroatoms. The van der Waals surface area contributed by atoms with E-state index in [1.807, 2.05) is 45.0 Å². The van der Waals surface area contributed by atoms with Gasteiger partial charge in [-0.1, -0.05) is 12.1 Å². The number of nitrogens with two attached hydrogens (primary N) is 1. The number of carbonyl (C=O) groups is 1. The zero-order valence-corrected chi connectivity index (χ0v) is 15.9. The Morgan fingerprint density at radius 2 is 1.85 bits per heavy atom. The molecular formula is C20H27N3O3. The molecule has 0 saturated heterocycles. The molecule has 1 heterocycles. The highest BCUT2D eigenvalue weighted by Crippen LogP contribution is 2.21. The second kappa shape index (κ2) is 8.76. The van der Waals surface area contributed by atoms with Gasteiger partial charge < -0.3 is 15.2 Å². The summed E-state index contributed by atoms with van der Waals surface area (Å²) < 4.78 is 11.1. The maximum absolute atomic E-state index is 11.7. The first-order chi connectivity index (χ1) is 12.2. The van der Waals surface area contributed by atoms with E-state index in [1.54, 1.807) is 13.0 Å². The lowest BCUT2D eigenvalue weighted by Gasteiger charge is -2.19. The van der Waals surface area contributed by atoms with E-state index >= 15 is 0 Å². The van der Waals surface area contributed by atoms with Crippen molar-refractivity contribution in [1.29, 1.82) is 0 Å². The highest BCUT2D eigenvalue weighted by atomic mass is 16.6. The number of hydrogen-bond donors (Lipinski definition) is 1. The molecule has 1 aromatic carbocycles. The molecule has 0 spiro atoms. The molecular weight excluding hydrogens is 330 g/mol. The average Bonchev–Trinajstić information content (AvgIpc) is 2.54. The van der Waals surface area contributed by atoms with Crippen LogP contribution < -0.4 is 10.5 Å². The van der Waals surface area contributed by atoms with Gasteiger partial charge in [0, 0.05) is 19.0 Å². The van der Waals surface area contributed by atoms with Crippen LogP contribution in [0.1, 0.15) is 50.7 Å². The van der Waals surface area contributed by atoms with Gasteiger partial charge in [0.15, 0.2) is 0 Å². The minimum Gasteiger partial charge on any atom is -0.460 e. The van der Waals surface area contributed by atoms with E-state index in [2.05, 4.69) is 9.97 Å². The molecule has 0 aliphatic carbocycles. The maximum Gasteiger partial charge on any atom is 0.306 e. The topological polar surface area (TPSA) is 87.3 Å². The molecule has 0 aliphatic rings. The Hall–Kier alpha value is -2.47. The van der Waals surface area contributed by atoms with Gasteiger partial charge in [-0.05, 0) is 58.2 Å². The van der Waals surface area contributed by atoms with Gasteiger partial charge in [-0.2, -0.15) is 4.98 Å². The molecule has 0 fully saturated rings. The second-order valence-electron chi connectivity index (χ2n) is 7.13. The summed E-state index contributed by atoms with van der Waals surface area (Å²) in [4.78, 5) is 20.2. The van der Waals surface area contributed by atoms with Gasteiger partial charge in [-0.3, -0.25) is 4.79 Å². The fourth-order valence-electron chi connectivity index (χ4n) is 2.43. The summed E-state index contributed by atoms with van der Waals surface area (Å²) in [6.45, 7) is 7.77. The third-order valence-electron chi connectivity index (χ3n) is 3.49. The highest BCUT2D eigenvalue weighted by molar-refractivity contribution is 5.69. The van der Waals surface area contributed by atoms with E-state index in [1.165, 1.54) is 0 Å². The van der Waals surface area contributed by atoms with Gasteiger partial charge in [0.05, 0.1) is 5.69 Å². The fourth-order valence-corrected chi connectivity index (χ4v) is 2.43. The minimum absolute atomic E-state index is 0.160. The van der Waals surface area contributed by atoms with Crippen LogP contribution in [0.15, 0.2) is 30.3 Å². The lowest BCUT2D eigenvalue weighted by Crippen LogP contribution is -2.23. The summed E-state index contributed by atoms with van der Waals surface area (Å²) in [7, 11) is 0. The number of esters is 1. The molecule has 0 bridgehead atoms. The number of rotatable bonds is 7. The Morgan fingerprint density at radius 1 is 1.15 bits per heavy atom. The molecule has 26 heavy (non-hydrogen) atoms. The summed E-state index contributed by atoms with van der Waals surface area (Å²) in [5, 5.41) is 0. The van der Waals surface area contributed by atoms with Crippen molar-refractivity contribution >= 4 is 5.97 Å². The van der Waals surface area contributed by atoms with Gasteiger partial charge in [-0.25, -0.2) is 4.98 Å². The molecule has 0 aliphatic heterocycles. The standard InChI is InChI=1S/C20H27N3O3/c1-14-22-16(13-21)12-18(23-14)25-17-10-8-15(9-11-17)6-5-7-19(24)26-20(2,3)4/h8-12H,5-7,13,21H2,1-4H3. The largest absolute Gasteiger partial charge is 0.460 e. The quantitative estimate of drug-likeness (QED) is 0.760. The van der Waals surface area contributed by atoms with E-state index in [0.717, 1.165) is 24.1 Å². The number of aryl methyl sites for hydroxylation is 2. The van der Waals surface area contributed by atoms with Crippen molar-refractivity contribution in [2.24, 2.45) is 5.73 Å². The number of carbonyl (C=O) groups excluding carboxylic acids is 1. The molecule has 2 N–H and O–H groups in total. The van der Waals surface area contributed by atoms with Gasteiger partial charge in [0.1, 0.15) is 17.2 Å². The van der Waals surface area contributed by atoms with Crippen molar-refractivity contribution in [2.75, 3.05) is 0 Å². The Bertz CT molecular complexity index is 737. The lowest BCUT2D eigenvalue weighted by molar-refractivity contribution is -0.154. The van der Waals surface area contributed by atoms with Gasteiger partial charge in [0.25, 0.3) is 0 Å². The SMILES string of the molecule is Cc1nc(CN)cc(Oc2ccc(CCCC(=O)OC(C)(C)C)cc2)n1. The number of benzene rings is 1. The molecule has 0 unspecified atom stereocenters. The van der Waals surface area contributed by atoms with Crippen molar-refractivity contribution < 1.29 is 14.3 Å². The summed E-state index contributed by atoms with van der Waals surface area (Å²) >= 11 is 0. The first kappa shape index (κ1) is 19.8. The highest BCUT2D eigenvalue weighted by Gasteiger charge is 2.15. The van der Waals surface area contributed by atoms with Crippen molar-refractivity contribution in [3.63, 3.8) is 0 Å². The molecule has 6 nitrogen and oxygen atoms in total. The van der Waals surface area contributed by atoms with Gasteiger partial charge in [-0.15, -0.1) is 0 Å². The predicted octanol–water partition coefficient (Wildman–Crippen LogP) is 3.70. The van der Waals surface area contributed by atoms with E-state index in [9.17, 15) is 4.79 Å². The summed E-state index contributed by atoms with van der Waals surface area (Å²) in [6, 6.07) is 9.50. The summed E-state index contributed by atoms with van der Waals surface area (Å²) in [5.74, 6) is 1.64. The van der Waals surface area contributed by atoms with Gasteiger partial charge in [0.2, 0.25) is 5.88 Å². The van der Waals surface area contributed by atoms with Crippen LogP contribution in [0.25, 0.3) is 0 Å². The Morgan fingerprint density at radius 3 is 2.46 bits per heavy atom. The number of aromatic nitrogens is 2. The number of hydrogen-bond acceptors (Lipinski definition) is 6. The van der Waals surface area contributed by atoms with Crippen molar-refractivity contribution in [2.45, 2.75) is 59.1 Å². The van der Waals surface area contributed by atoms with Crippen LogP contribution in [0.5, 0.6) is 11.6 Å². The van der Waals surface area contributed by atoms with Crippen LogP contribution in [0.2, 0.25) is 0 Å². The Labute approximate surface area is 154 Å². The van der Waals surface area contributed by atoms with E-state index in [0.29, 0.717) is 30.4 Å². The number of ether oxygens (including phenoxy) is 2. The van der Waals surface area contributed by atoms with Crippen LogP contribution in [-0.4, -0.2) is 21.5 Å². The molecule has 0 radical (unpaired) electrons. The van der Waals surface area contributed by atoms with E-state index in [-0.39, 0.29) is 5.97 Å². The fraction of sp³-hybridized carbons (Fsp3) is 0.450. The zero-order chi connectivity index (χ0) is 19.2. The lowest BCUT2D eigenvalue weighted by atomic mass is 10.1. The third-order valence-corrected chi connectivity index (χ3v) is 3.49. The van der Waals surface area contributed by atoms with Crippen molar-refractivity contribution in [3.8, 4) is 11.6 Å². The van der Waals surface area contributed by atoms with E-state index in [4.69, 9.17) is 15.2 Å². The number of nitrogens with zero attached hydrogens (tertiary/aromatic N) is 2. The monoisotopic (exact) mass is 357 g/mol. The molecule has 2 rings (SSSR count). The Kier molecular flexibility index (Phi) is 6.69. The van der Waals surface area contributed by atoms with Crippen LogP contribution in [0.3, 0.4) is 0 Å². The van der Waals surface area contributed by atoms with Crippen LogP contribution in [-0.2, 0) is 22.5 Å². The summed E-state index contributed by atoms with van der Waals surface area (Å²) in [6.07, 6.45) is 1.97. The summed E-state index contributed by atoms with van der Waals surface area (Å²) in [5.41, 5.74) is 7.08. The third kappa shape index (κ3) is 6.80. The average molecular weight is 357 g/mol. The second-order valence-corrected chi connectivity index (χ2v) is 7.13. The van der Waals surface area contributed by atoms with Gasteiger partial charge >= 0.3 is 5.97 Å². The molecule has 0 amide bonds. The molecule has 0 saturated carbocycles. The molecule has 0 atom stereocenters. The Balaban J connectivity index is 1.86. The first-order valence-corrected chi connectivity index (χ1v) is 8.78.